The predicted octanol–water partition coefficient (Wildman–Crippen LogP) is 1.10. The summed E-state index contributed by atoms with van der Waals surface area (Å²) in [5, 5.41) is 6.82. The highest BCUT2D eigenvalue weighted by molar-refractivity contribution is 6.43. The van der Waals surface area contributed by atoms with Gasteiger partial charge in [-0.25, -0.2) is 5.43 Å². The molecule has 116 valence electrons. The van der Waals surface area contributed by atoms with E-state index >= 15 is 0 Å². The summed E-state index contributed by atoms with van der Waals surface area (Å²) in [5.74, 6) is -0.445. The molecule has 1 aliphatic heterocycles. The zero-order valence-electron chi connectivity index (χ0n) is 12.9. The van der Waals surface area contributed by atoms with Crippen molar-refractivity contribution in [2.24, 2.45) is 10.5 Å². The van der Waals surface area contributed by atoms with Crippen LogP contribution in [0.4, 0.5) is 0 Å². The van der Waals surface area contributed by atoms with Gasteiger partial charge in [-0.1, -0.05) is 6.42 Å². The van der Waals surface area contributed by atoms with Crippen LogP contribution in [0.1, 0.15) is 52.9 Å². The molecule has 2 unspecified atom stereocenters. The fourth-order valence-electron chi connectivity index (χ4n) is 3.53. The first-order valence-corrected chi connectivity index (χ1v) is 7.64. The van der Waals surface area contributed by atoms with E-state index in [0.29, 0.717) is 0 Å². The molecule has 6 heteroatoms. The average Bonchev–Trinajstić information content (AvgIpc) is 2.70. The van der Waals surface area contributed by atoms with Gasteiger partial charge in [-0.05, 0) is 40.0 Å². The summed E-state index contributed by atoms with van der Waals surface area (Å²) in [5.41, 5.74) is 2.54. The van der Waals surface area contributed by atoms with Gasteiger partial charge in [0.15, 0.2) is 0 Å². The lowest BCUT2D eigenvalue weighted by Gasteiger charge is -2.62. The van der Waals surface area contributed by atoms with Crippen LogP contribution in [-0.4, -0.2) is 35.3 Å². The zero-order chi connectivity index (χ0) is 15.3. The number of nitrogens with zero attached hydrogens (tertiary/aromatic N) is 1. The third kappa shape index (κ3) is 2.57. The second-order valence-electron chi connectivity index (χ2n) is 7.34. The Hall–Kier alpha value is -1.43. The van der Waals surface area contributed by atoms with Crippen LogP contribution in [0.2, 0.25) is 0 Å². The standard InChI is InChI=1S/C15H23N3O3/c1-14(2,3)21-11-8-10(15(11)5-4-6-15)16-13(20)9-7-12(19)18-17-9/h10-11H,4-8H2,1-3H3,(H,16,20)(H,18,19). The van der Waals surface area contributed by atoms with Gasteiger partial charge in [0.1, 0.15) is 5.71 Å². The molecule has 6 nitrogen and oxygen atoms in total. The van der Waals surface area contributed by atoms with Gasteiger partial charge in [0.2, 0.25) is 5.91 Å². The first-order valence-electron chi connectivity index (χ1n) is 7.64. The van der Waals surface area contributed by atoms with Crippen LogP contribution in [0, 0.1) is 5.41 Å². The van der Waals surface area contributed by atoms with Gasteiger partial charge in [-0.15, -0.1) is 0 Å². The zero-order valence-corrected chi connectivity index (χ0v) is 12.9. The topological polar surface area (TPSA) is 79.8 Å². The van der Waals surface area contributed by atoms with Crippen molar-refractivity contribution >= 4 is 17.5 Å². The Kier molecular flexibility index (Phi) is 3.31. The molecule has 0 aromatic rings. The molecule has 0 radical (unpaired) electrons. The molecule has 2 saturated carbocycles. The lowest BCUT2D eigenvalue weighted by atomic mass is 9.51. The van der Waals surface area contributed by atoms with Crippen LogP contribution in [0.5, 0.6) is 0 Å². The van der Waals surface area contributed by atoms with Crippen molar-refractivity contribution in [2.75, 3.05) is 0 Å². The molecule has 2 N–H and O–H groups in total. The van der Waals surface area contributed by atoms with E-state index in [4.69, 9.17) is 4.74 Å². The van der Waals surface area contributed by atoms with E-state index in [1.165, 1.54) is 6.42 Å². The van der Waals surface area contributed by atoms with E-state index in [9.17, 15) is 9.59 Å². The third-order valence-electron chi connectivity index (χ3n) is 4.78. The van der Waals surface area contributed by atoms with Crippen molar-refractivity contribution in [3.63, 3.8) is 0 Å². The molecule has 3 rings (SSSR count). The maximum Gasteiger partial charge on any atom is 0.268 e. The number of amides is 2. The Bertz CT molecular complexity index is 503. The number of nitrogens with one attached hydrogen (secondary N) is 2. The molecule has 1 heterocycles. The monoisotopic (exact) mass is 293 g/mol. The number of hydrogen-bond donors (Lipinski definition) is 2. The number of carbonyl (C=O) groups is 2. The highest BCUT2D eigenvalue weighted by Gasteiger charge is 2.60. The molecule has 0 bridgehead atoms. The maximum atomic E-state index is 12.1. The third-order valence-corrected chi connectivity index (χ3v) is 4.78. The van der Waals surface area contributed by atoms with Crippen molar-refractivity contribution in [1.82, 2.24) is 10.7 Å². The van der Waals surface area contributed by atoms with Crippen LogP contribution in [0.3, 0.4) is 0 Å². The SMILES string of the molecule is CC(C)(C)OC1CC(NC(=O)C2=NNC(=O)C2)C12CCC2. The summed E-state index contributed by atoms with van der Waals surface area (Å²) < 4.78 is 6.14. The highest BCUT2D eigenvalue weighted by Crippen LogP contribution is 2.58. The van der Waals surface area contributed by atoms with E-state index < -0.39 is 0 Å². The van der Waals surface area contributed by atoms with Gasteiger partial charge in [-0.3, -0.25) is 9.59 Å². The first-order chi connectivity index (χ1) is 9.80. The largest absolute Gasteiger partial charge is 0.372 e. The summed E-state index contributed by atoms with van der Waals surface area (Å²) in [6.07, 6.45) is 4.54. The van der Waals surface area contributed by atoms with E-state index in [2.05, 4.69) is 36.6 Å². The van der Waals surface area contributed by atoms with Gasteiger partial charge >= 0.3 is 0 Å². The number of carbonyl (C=O) groups excluding carboxylic acids is 2. The molecule has 0 aromatic heterocycles. The minimum absolute atomic E-state index is 0.0769. The molecule has 2 amide bonds. The second-order valence-corrected chi connectivity index (χ2v) is 7.34. The molecular weight excluding hydrogens is 270 g/mol. The van der Waals surface area contributed by atoms with Crippen LogP contribution in [-0.2, 0) is 14.3 Å². The number of hydrogen-bond acceptors (Lipinski definition) is 4. The molecule has 0 aromatic carbocycles. The molecule has 21 heavy (non-hydrogen) atoms. The first kappa shape index (κ1) is 14.5. The molecular formula is C15H23N3O3. The van der Waals surface area contributed by atoms with Crippen LogP contribution in [0.25, 0.3) is 0 Å². The Morgan fingerprint density at radius 2 is 2.14 bits per heavy atom. The van der Waals surface area contributed by atoms with Gasteiger partial charge in [0, 0.05) is 11.5 Å². The van der Waals surface area contributed by atoms with E-state index in [1.54, 1.807) is 0 Å². The van der Waals surface area contributed by atoms with Crippen molar-refractivity contribution in [2.45, 2.75) is 70.6 Å². The molecule has 0 saturated heterocycles. The number of ether oxygens (including phenoxy) is 1. The Morgan fingerprint density at radius 3 is 2.62 bits per heavy atom. The lowest BCUT2D eigenvalue weighted by Crippen LogP contribution is -2.69. The van der Waals surface area contributed by atoms with Gasteiger partial charge in [0.25, 0.3) is 5.91 Å². The van der Waals surface area contributed by atoms with E-state index in [-0.39, 0.29) is 47.1 Å². The summed E-state index contributed by atoms with van der Waals surface area (Å²) in [7, 11) is 0. The van der Waals surface area contributed by atoms with Gasteiger partial charge < -0.3 is 10.1 Å². The Balaban J connectivity index is 1.60. The minimum atomic E-state index is -0.223. The lowest BCUT2D eigenvalue weighted by molar-refractivity contribution is -0.214. The van der Waals surface area contributed by atoms with Crippen LogP contribution < -0.4 is 10.7 Å². The molecule has 1 spiro atoms. The fourth-order valence-corrected chi connectivity index (χ4v) is 3.53. The number of rotatable bonds is 3. The smallest absolute Gasteiger partial charge is 0.268 e. The summed E-state index contributed by atoms with van der Waals surface area (Å²) >= 11 is 0. The maximum absolute atomic E-state index is 12.1. The van der Waals surface area contributed by atoms with E-state index in [0.717, 1.165) is 19.3 Å². The van der Waals surface area contributed by atoms with Gasteiger partial charge in [-0.2, -0.15) is 5.10 Å². The van der Waals surface area contributed by atoms with Crippen LogP contribution >= 0.6 is 0 Å². The second kappa shape index (κ2) is 4.80. The summed E-state index contributed by atoms with van der Waals surface area (Å²) in [4.78, 5) is 23.2. The number of hydrazone groups is 1. The molecule has 2 fully saturated rings. The average molecular weight is 293 g/mol. The normalized spacial score (nSPS) is 30.2. The van der Waals surface area contributed by atoms with E-state index in [1.807, 2.05) is 0 Å². The molecule has 2 atom stereocenters. The summed E-state index contributed by atoms with van der Waals surface area (Å²) in [6.45, 7) is 6.20. The van der Waals surface area contributed by atoms with Crippen molar-refractivity contribution in [1.29, 1.82) is 0 Å². The molecule has 2 aliphatic carbocycles. The van der Waals surface area contributed by atoms with Crippen LogP contribution in [0.15, 0.2) is 5.10 Å². The van der Waals surface area contributed by atoms with Crippen molar-refractivity contribution in [3.8, 4) is 0 Å². The van der Waals surface area contributed by atoms with Gasteiger partial charge in [0.05, 0.1) is 18.1 Å². The molecule has 3 aliphatic rings. The highest BCUT2D eigenvalue weighted by atomic mass is 16.5. The predicted molar refractivity (Wildman–Crippen MR) is 77.7 cm³/mol. The quantitative estimate of drug-likeness (QED) is 0.818. The van der Waals surface area contributed by atoms with Crippen molar-refractivity contribution < 1.29 is 14.3 Å². The summed E-state index contributed by atoms with van der Waals surface area (Å²) in [6, 6.07) is 0.143. The Morgan fingerprint density at radius 1 is 1.43 bits per heavy atom. The Labute approximate surface area is 124 Å². The fraction of sp³-hybridized carbons (Fsp3) is 0.800. The van der Waals surface area contributed by atoms with Crippen molar-refractivity contribution in [3.05, 3.63) is 0 Å². The minimum Gasteiger partial charge on any atom is -0.372 e.